The first kappa shape index (κ1) is 15.3. The van der Waals surface area contributed by atoms with Crippen LogP contribution in [0.25, 0.3) is 0 Å². The molecule has 0 saturated heterocycles. The number of carbonyl (C=O) groups excluding carboxylic acids is 1. The average molecular weight is 247 g/mol. The molecule has 0 rings (SSSR count). The Hall–Kier alpha value is -0.693. The van der Waals surface area contributed by atoms with Gasteiger partial charge in [-0.2, -0.15) is 0 Å². The van der Waals surface area contributed by atoms with E-state index in [-0.39, 0.29) is 6.61 Å². The molecule has 93 valence electrons. The molecule has 0 aromatic rings. The number of rotatable bonds is 8. The summed E-state index contributed by atoms with van der Waals surface area (Å²) in [5.41, 5.74) is 0.377. The van der Waals surface area contributed by atoms with Crippen molar-refractivity contribution >= 4 is 14.8 Å². The van der Waals surface area contributed by atoms with Crippen LogP contribution in [-0.2, 0) is 22.8 Å². The van der Waals surface area contributed by atoms with Crippen molar-refractivity contribution in [3.63, 3.8) is 0 Å². The molecule has 0 fully saturated rings. The number of hydrogen-bond acceptors (Lipinski definition) is 5. The van der Waals surface area contributed by atoms with Gasteiger partial charge in [-0.25, -0.2) is 4.79 Å². The van der Waals surface area contributed by atoms with Gasteiger partial charge < -0.3 is 18.0 Å². The molecule has 0 bridgehead atoms. The van der Waals surface area contributed by atoms with Crippen molar-refractivity contribution in [2.75, 3.05) is 27.9 Å². The SMILES string of the molecule is C=C(C)C(=O)OC[CH]C[Si](OC)(OC)OC. The van der Waals surface area contributed by atoms with E-state index in [1.807, 2.05) is 0 Å². The Labute approximate surface area is 97.7 Å². The molecule has 0 N–H and O–H groups in total. The monoisotopic (exact) mass is 247 g/mol. The number of carbonyl (C=O) groups is 1. The van der Waals surface area contributed by atoms with Gasteiger partial charge in [0, 0.05) is 39.4 Å². The van der Waals surface area contributed by atoms with E-state index in [1.165, 1.54) is 21.3 Å². The lowest BCUT2D eigenvalue weighted by atomic mass is 10.4. The highest BCUT2D eigenvalue weighted by Gasteiger charge is 2.37. The molecule has 0 saturated carbocycles. The minimum Gasteiger partial charge on any atom is -0.462 e. The van der Waals surface area contributed by atoms with E-state index in [2.05, 4.69) is 6.58 Å². The first-order chi connectivity index (χ1) is 7.51. The van der Waals surface area contributed by atoms with Gasteiger partial charge in [-0.05, 0) is 6.92 Å². The maximum Gasteiger partial charge on any atom is 0.500 e. The van der Waals surface area contributed by atoms with Crippen molar-refractivity contribution in [2.24, 2.45) is 0 Å². The van der Waals surface area contributed by atoms with Crippen LogP contribution >= 0.6 is 0 Å². The van der Waals surface area contributed by atoms with Crippen LogP contribution in [0.5, 0.6) is 0 Å². The molecule has 0 aliphatic carbocycles. The maximum atomic E-state index is 11.1. The molecular formula is C10H19O5Si. The summed E-state index contributed by atoms with van der Waals surface area (Å²) in [6.45, 7) is 5.27. The smallest absolute Gasteiger partial charge is 0.462 e. The van der Waals surface area contributed by atoms with Crippen LogP contribution in [0, 0.1) is 6.42 Å². The number of hydrogen-bond donors (Lipinski definition) is 0. The fourth-order valence-corrected chi connectivity index (χ4v) is 2.46. The van der Waals surface area contributed by atoms with Gasteiger partial charge in [0.1, 0.15) is 0 Å². The van der Waals surface area contributed by atoms with Crippen molar-refractivity contribution in [1.29, 1.82) is 0 Å². The summed E-state index contributed by atoms with van der Waals surface area (Å²) < 4.78 is 20.5. The third-order valence-corrected chi connectivity index (χ3v) is 4.66. The minimum atomic E-state index is -2.59. The molecule has 5 nitrogen and oxygen atoms in total. The van der Waals surface area contributed by atoms with Gasteiger partial charge in [-0.1, -0.05) is 6.58 Å². The third kappa shape index (κ3) is 4.89. The quantitative estimate of drug-likeness (QED) is 0.279. The van der Waals surface area contributed by atoms with E-state index < -0.39 is 14.8 Å². The molecule has 0 atom stereocenters. The largest absolute Gasteiger partial charge is 0.500 e. The van der Waals surface area contributed by atoms with Gasteiger partial charge in [0.2, 0.25) is 0 Å². The predicted octanol–water partition coefficient (Wildman–Crippen LogP) is 1.19. The van der Waals surface area contributed by atoms with Gasteiger partial charge in [-0.3, -0.25) is 0 Å². The molecule has 0 aromatic carbocycles. The highest BCUT2D eigenvalue weighted by Crippen LogP contribution is 2.14. The fraction of sp³-hybridized carbons (Fsp3) is 0.600. The Balaban J connectivity index is 3.88. The average Bonchev–Trinajstić information content (AvgIpc) is 2.30. The molecule has 1 radical (unpaired) electrons. The second-order valence-corrected chi connectivity index (χ2v) is 6.17. The third-order valence-electron chi connectivity index (χ3n) is 2.01. The molecule has 0 unspecified atom stereocenters. The minimum absolute atomic E-state index is 0.191. The van der Waals surface area contributed by atoms with Crippen LogP contribution in [-0.4, -0.2) is 42.7 Å². The molecule has 0 amide bonds. The first-order valence-electron chi connectivity index (χ1n) is 4.81. The highest BCUT2D eigenvalue weighted by molar-refractivity contribution is 6.60. The van der Waals surface area contributed by atoms with Gasteiger partial charge in [0.15, 0.2) is 0 Å². The van der Waals surface area contributed by atoms with Crippen LogP contribution < -0.4 is 0 Å². The summed E-state index contributed by atoms with van der Waals surface area (Å²) in [4.78, 5) is 11.1. The van der Waals surface area contributed by atoms with Crippen LogP contribution in [0.3, 0.4) is 0 Å². The van der Waals surface area contributed by atoms with Crippen LogP contribution in [0.4, 0.5) is 0 Å². The van der Waals surface area contributed by atoms with E-state index >= 15 is 0 Å². The normalized spacial score (nSPS) is 11.2. The van der Waals surface area contributed by atoms with Crippen molar-refractivity contribution in [3.05, 3.63) is 18.6 Å². The fourth-order valence-electron chi connectivity index (χ4n) is 0.994. The summed E-state index contributed by atoms with van der Waals surface area (Å²) in [7, 11) is 2.02. The van der Waals surface area contributed by atoms with Crippen molar-refractivity contribution < 1.29 is 22.8 Å². The highest BCUT2D eigenvalue weighted by atomic mass is 28.4. The standard InChI is InChI=1S/C10H19O5Si/c1-9(2)10(11)15-7-6-8-16(12-3,13-4)14-5/h6H,1,7-8H2,2-5H3. The van der Waals surface area contributed by atoms with E-state index in [0.717, 1.165) is 0 Å². The Morgan fingerprint density at radius 1 is 1.25 bits per heavy atom. The Bertz CT molecular complexity index is 229. The van der Waals surface area contributed by atoms with Gasteiger partial charge in [-0.15, -0.1) is 0 Å². The number of esters is 1. The van der Waals surface area contributed by atoms with Gasteiger partial charge in [0.25, 0.3) is 0 Å². The molecule has 0 aromatic heterocycles. The van der Waals surface area contributed by atoms with Gasteiger partial charge in [0.05, 0.1) is 6.61 Å². The maximum absolute atomic E-state index is 11.1. The lowest BCUT2D eigenvalue weighted by molar-refractivity contribution is -0.138. The van der Waals surface area contributed by atoms with E-state index in [1.54, 1.807) is 13.3 Å². The number of ether oxygens (including phenoxy) is 1. The Morgan fingerprint density at radius 3 is 2.12 bits per heavy atom. The van der Waals surface area contributed by atoms with E-state index in [0.29, 0.717) is 11.6 Å². The second kappa shape index (κ2) is 7.56. The van der Waals surface area contributed by atoms with Crippen molar-refractivity contribution in [2.45, 2.75) is 13.0 Å². The predicted molar refractivity (Wildman–Crippen MR) is 61.7 cm³/mol. The molecule has 6 heteroatoms. The first-order valence-corrected chi connectivity index (χ1v) is 6.74. The lowest BCUT2D eigenvalue weighted by Crippen LogP contribution is -2.43. The van der Waals surface area contributed by atoms with Crippen LogP contribution in [0.15, 0.2) is 12.2 Å². The van der Waals surface area contributed by atoms with Crippen molar-refractivity contribution in [1.82, 2.24) is 0 Å². The topological polar surface area (TPSA) is 54.0 Å². The van der Waals surface area contributed by atoms with Crippen molar-refractivity contribution in [3.8, 4) is 0 Å². The zero-order valence-corrected chi connectivity index (χ0v) is 11.2. The Kier molecular flexibility index (Phi) is 7.23. The zero-order chi connectivity index (χ0) is 12.6. The molecule has 16 heavy (non-hydrogen) atoms. The zero-order valence-electron chi connectivity index (χ0n) is 10.2. The van der Waals surface area contributed by atoms with Gasteiger partial charge >= 0.3 is 14.8 Å². The molecular weight excluding hydrogens is 228 g/mol. The summed E-state index contributed by atoms with van der Waals surface area (Å²) in [6, 6.07) is 0.486. The van der Waals surface area contributed by atoms with Crippen LogP contribution in [0.1, 0.15) is 6.92 Å². The summed E-state index contributed by atoms with van der Waals surface area (Å²) in [6.07, 6.45) is 1.75. The lowest BCUT2D eigenvalue weighted by Gasteiger charge is -2.23. The van der Waals surface area contributed by atoms with E-state index in [9.17, 15) is 4.79 Å². The summed E-state index contributed by atoms with van der Waals surface area (Å²) >= 11 is 0. The molecule has 0 spiro atoms. The molecule has 0 aliphatic rings. The molecule has 0 heterocycles. The Morgan fingerprint density at radius 2 is 1.75 bits per heavy atom. The summed E-state index contributed by atoms with van der Waals surface area (Å²) in [5.74, 6) is -0.407. The molecule has 0 aliphatic heterocycles. The second-order valence-electron chi connectivity index (χ2n) is 3.17. The summed E-state index contributed by atoms with van der Waals surface area (Å²) in [5, 5.41) is 0. The van der Waals surface area contributed by atoms with Crippen LogP contribution in [0.2, 0.25) is 6.04 Å². The van der Waals surface area contributed by atoms with E-state index in [4.69, 9.17) is 18.0 Å².